The lowest BCUT2D eigenvalue weighted by Crippen LogP contribution is -2.41. The molecule has 2 aromatic rings. The quantitative estimate of drug-likeness (QED) is 0.581. The van der Waals surface area contributed by atoms with E-state index in [1.54, 1.807) is 29.6 Å². The van der Waals surface area contributed by atoms with Crippen LogP contribution in [0.2, 0.25) is 0 Å². The molecule has 0 amide bonds. The van der Waals surface area contributed by atoms with Crippen LogP contribution in [0.1, 0.15) is 6.23 Å². The third kappa shape index (κ3) is 2.14. The Morgan fingerprint density at radius 2 is 2.00 bits per heavy atom. The van der Waals surface area contributed by atoms with Crippen LogP contribution in [0.5, 0.6) is 0 Å². The fourth-order valence-corrected chi connectivity index (χ4v) is 3.25. The number of methoxy groups -OCH3 is 1. The molecular weight excluding hydrogens is 320 g/mol. The Labute approximate surface area is 136 Å². The number of hydrogen-bond donors (Lipinski definition) is 2. The molecule has 0 aliphatic carbocycles. The van der Waals surface area contributed by atoms with Crippen LogP contribution in [0.15, 0.2) is 15.9 Å². The molecule has 3 heterocycles. The molecule has 0 bridgehead atoms. The Morgan fingerprint density at radius 3 is 2.58 bits per heavy atom. The molecule has 24 heavy (non-hydrogen) atoms. The second-order valence-corrected chi connectivity index (χ2v) is 5.95. The Bertz CT molecular complexity index is 897. The lowest BCUT2D eigenvalue weighted by atomic mass is 10.1. The van der Waals surface area contributed by atoms with E-state index < -0.39 is 35.8 Å². The van der Waals surface area contributed by atoms with Gasteiger partial charge in [-0.25, -0.2) is 9.36 Å². The van der Waals surface area contributed by atoms with Gasteiger partial charge in [0.15, 0.2) is 6.10 Å². The third-order valence-electron chi connectivity index (χ3n) is 4.54. The molecule has 10 heteroatoms. The van der Waals surface area contributed by atoms with E-state index in [0.717, 1.165) is 4.57 Å². The Hall–Kier alpha value is -2.01. The number of aromatic nitrogens is 4. The molecule has 1 aliphatic heterocycles. The van der Waals surface area contributed by atoms with Crippen molar-refractivity contribution in [3.8, 4) is 0 Å². The first-order chi connectivity index (χ1) is 11.3. The number of hydrogen-bond acceptors (Lipinski definition) is 6. The molecule has 0 spiro atoms. The molecule has 0 aromatic carbocycles. The Kier molecular flexibility index (Phi) is 4.08. The molecule has 2 aromatic heterocycles. The zero-order valence-corrected chi connectivity index (χ0v) is 13.9. The summed E-state index contributed by atoms with van der Waals surface area (Å²) in [7, 11) is 6.07. The van der Waals surface area contributed by atoms with Crippen molar-refractivity contribution in [1.29, 1.82) is 0 Å². The molecule has 0 unspecified atom stereocenters. The van der Waals surface area contributed by atoms with E-state index in [1.165, 1.54) is 18.7 Å². The van der Waals surface area contributed by atoms with E-state index >= 15 is 0 Å². The number of fused-ring (bicyclic) bond motifs is 1. The molecule has 4 atom stereocenters. The average molecular weight is 341 g/mol. The van der Waals surface area contributed by atoms with E-state index in [4.69, 9.17) is 9.47 Å². The van der Waals surface area contributed by atoms with Crippen LogP contribution in [0.4, 0.5) is 0 Å². The van der Waals surface area contributed by atoms with E-state index in [2.05, 4.69) is 0 Å². The van der Waals surface area contributed by atoms with Crippen molar-refractivity contribution in [2.75, 3.05) is 13.7 Å². The number of aryl methyl sites for hydroxylation is 2. The van der Waals surface area contributed by atoms with Crippen molar-refractivity contribution < 1.29 is 24.3 Å². The van der Waals surface area contributed by atoms with Crippen LogP contribution in [-0.2, 0) is 30.6 Å². The second kappa shape index (κ2) is 5.81. The van der Waals surface area contributed by atoms with Crippen molar-refractivity contribution in [3.63, 3.8) is 0 Å². The highest BCUT2D eigenvalue weighted by atomic mass is 16.6. The van der Waals surface area contributed by atoms with Gasteiger partial charge in [0.25, 0.3) is 11.2 Å². The maximum Gasteiger partial charge on any atom is 0.333 e. The van der Waals surface area contributed by atoms with Crippen molar-refractivity contribution in [2.24, 2.45) is 21.1 Å². The normalized spacial score (nSPS) is 27.2. The van der Waals surface area contributed by atoms with E-state index in [1.807, 2.05) is 0 Å². The molecule has 0 saturated carbocycles. The van der Waals surface area contributed by atoms with Gasteiger partial charge in [-0.1, -0.05) is 0 Å². The summed E-state index contributed by atoms with van der Waals surface area (Å²) in [6, 6.07) is 0. The largest absolute Gasteiger partial charge is 0.394 e. The lowest BCUT2D eigenvalue weighted by molar-refractivity contribution is -0.646. The van der Waals surface area contributed by atoms with Gasteiger partial charge in [0.2, 0.25) is 12.6 Å². The van der Waals surface area contributed by atoms with Crippen LogP contribution in [0.25, 0.3) is 11.2 Å². The zero-order chi connectivity index (χ0) is 17.8. The number of rotatable bonds is 3. The molecule has 10 nitrogen and oxygen atoms in total. The fourth-order valence-electron chi connectivity index (χ4n) is 3.25. The number of aliphatic hydroxyl groups excluding tert-OH is 2. The van der Waals surface area contributed by atoms with Gasteiger partial charge >= 0.3 is 11.2 Å². The number of ether oxygens (including phenoxy) is 2. The molecule has 2 N–H and O–H groups in total. The molecule has 0 radical (unpaired) electrons. The van der Waals surface area contributed by atoms with Gasteiger partial charge in [-0.3, -0.25) is 13.9 Å². The predicted molar refractivity (Wildman–Crippen MR) is 81.4 cm³/mol. The minimum Gasteiger partial charge on any atom is -0.394 e. The van der Waals surface area contributed by atoms with Gasteiger partial charge < -0.3 is 19.7 Å². The van der Waals surface area contributed by atoms with Crippen molar-refractivity contribution in [1.82, 2.24) is 13.7 Å². The summed E-state index contributed by atoms with van der Waals surface area (Å²) in [5.74, 6) is 0. The Balaban J connectivity index is 2.29. The highest BCUT2D eigenvalue weighted by Gasteiger charge is 2.48. The molecule has 1 saturated heterocycles. The summed E-state index contributed by atoms with van der Waals surface area (Å²) in [4.78, 5) is 24.7. The molecule has 132 valence electrons. The predicted octanol–water partition coefficient (Wildman–Crippen LogP) is -2.87. The highest BCUT2D eigenvalue weighted by molar-refractivity contribution is 5.66. The van der Waals surface area contributed by atoms with Gasteiger partial charge in [0, 0.05) is 21.2 Å². The summed E-state index contributed by atoms with van der Waals surface area (Å²) in [5, 5.41) is 19.6. The standard InChI is InChI=1S/C14H21N4O6/c1-15-6-18(13-10(23-4)9(20)7(5-19)24-13)11-8(15)12(21)17(3)14(22)16(11)2/h6-7,9-10,13,19-20H,5H2,1-4H3/q+1/t7-,9-,10-,13-/m1/s1. The second-order valence-electron chi connectivity index (χ2n) is 5.95. The van der Waals surface area contributed by atoms with Crippen LogP contribution >= 0.6 is 0 Å². The SMILES string of the molecule is CO[C@@H]1[C@H](O)[C@@H](CO)O[C@H]1n1c[n+](C)c2c(=O)n(C)c(=O)n(C)c21. The topological polar surface area (TPSA) is 112 Å². The van der Waals surface area contributed by atoms with E-state index in [-0.39, 0.29) is 6.61 Å². The van der Waals surface area contributed by atoms with E-state index in [9.17, 15) is 19.8 Å². The minimum absolute atomic E-state index is 0.319. The van der Waals surface area contributed by atoms with Crippen LogP contribution in [-0.4, -0.2) is 55.9 Å². The van der Waals surface area contributed by atoms with Gasteiger partial charge in [-0.2, -0.15) is 4.57 Å². The summed E-state index contributed by atoms with van der Waals surface area (Å²) in [6.07, 6.45) is -1.78. The summed E-state index contributed by atoms with van der Waals surface area (Å²) >= 11 is 0. The average Bonchev–Trinajstić information content (AvgIpc) is 3.07. The van der Waals surface area contributed by atoms with Gasteiger partial charge in [0.1, 0.15) is 12.2 Å². The van der Waals surface area contributed by atoms with Crippen LogP contribution in [0.3, 0.4) is 0 Å². The van der Waals surface area contributed by atoms with Crippen molar-refractivity contribution in [3.05, 3.63) is 27.2 Å². The van der Waals surface area contributed by atoms with E-state index in [0.29, 0.717) is 11.2 Å². The van der Waals surface area contributed by atoms with Gasteiger partial charge in [-0.15, -0.1) is 0 Å². The van der Waals surface area contributed by atoms with Crippen LogP contribution in [0, 0.1) is 0 Å². The third-order valence-corrected chi connectivity index (χ3v) is 4.54. The van der Waals surface area contributed by atoms with Gasteiger partial charge in [-0.05, 0) is 0 Å². The molecule has 1 fully saturated rings. The monoisotopic (exact) mass is 341 g/mol. The maximum absolute atomic E-state index is 12.4. The highest BCUT2D eigenvalue weighted by Crippen LogP contribution is 2.32. The molecule has 1 aliphatic rings. The van der Waals surface area contributed by atoms with Gasteiger partial charge in [0.05, 0.1) is 13.7 Å². The summed E-state index contributed by atoms with van der Waals surface area (Å²) in [6.45, 7) is -0.371. The number of nitrogens with zero attached hydrogens (tertiary/aromatic N) is 4. The Morgan fingerprint density at radius 1 is 1.33 bits per heavy atom. The first-order valence-corrected chi connectivity index (χ1v) is 7.46. The van der Waals surface area contributed by atoms with Crippen molar-refractivity contribution in [2.45, 2.75) is 24.5 Å². The minimum atomic E-state index is -1.03. The molecular formula is C14H21N4O6+. The lowest BCUT2D eigenvalue weighted by Gasteiger charge is -2.16. The number of aliphatic hydroxyl groups is 2. The summed E-state index contributed by atoms with van der Waals surface area (Å²) < 4.78 is 16.5. The first kappa shape index (κ1) is 16.8. The maximum atomic E-state index is 12.4. The summed E-state index contributed by atoms with van der Waals surface area (Å²) in [5.41, 5.74) is -0.234. The fraction of sp³-hybridized carbons (Fsp3) is 0.643. The first-order valence-electron chi connectivity index (χ1n) is 7.46. The number of imidazole rings is 1. The smallest absolute Gasteiger partial charge is 0.333 e. The zero-order valence-electron chi connectivity index (χ0n) is 13.9. The van der Waals surface area contributed by atoms with Crippen LogP contribution < -0.4 is 15.8 Å². The van der Waals surface area contributed by atoms with Crippen molar-refractivity contribution >= 4 is 11.2 Å². The molecule has 3 rings (SSSR count).